The topological polar surface area (TPSA) is 224 Å². The molecule has 59 heavy (non-hydrogen) atoms. The summed E-state index contributed by atoms with van der Waals surface area (Å²) in [6, 6.07) is 6.45. The van der Waals surface area contributed by atoms with Crippen LogP contribution in [0.3, 0.4) is 0 Å². The van der Waals surface area contributed by atoms with Gasteiger partial charge in [0.15, 0.2) is 0 Å². The number of carboxylic acid groups (broad SMARTS) is 2. The van der Waals surface area contributed by atoms with Crippen molar-refractivity contribution in [2.75, 3.05) is 26.2 Å². The number of fused-ring (bicyclic) bond motifs is 1. The number of rotatable bonds is 7. The van der Waals surface area contributed by atoms with Gasteiger partial charge in [-0.3, -0.25) is 14.4 Å². The van der Waals surface area contributed by atoms with E-state index in [1.807, 2.05) is 23.1 Å². The lowest BCUT2D eigenvalue weighted by atomic mass is 9.82. The molecule has 0 atom stereocenters. The van der Waals surface area contributed by atoms with Gasteiger partial charge in [-0.25, -0.2) is 24.5 Å². The zero-order valence-electron chi connectivity index (χ0n) is 30.1. The Morgan fingerprint density at radius 2 is 1.56 bits per heavy atom. The van der Waals surface area contributed by atoms with Crippen LogP contribution < -0.4 is 4.74 Å². The third kappa shape index (κ3) is 10.5. The summed E-state index contributed by atoms with van der Waals surface area (Å²) in [5.74, 6) is -6.34. The van der Waals surface area contributed by atoms with Crippen molar-refractivity contribution in [3.05, 3.63) is 54.4 Å². The minimum atomic E-state index is -5.08. The molecule has 1 amide bonds. The largest absolute Gasteiger partial charge is 0.490 e. The van der Waals surface area contributed by atoms with Crippen LogP contribution in [0.2, 0.25) is 0 Å². The number of aromatic nitrogens is 6. The first-order chi connectivity index (χ1) is 27.5. The lowest BCUT2D eigenvalue weighted by Crippen LogP contribution is -2.65. The Kier molecular flexibility index (Phi) is 12.7. The molecular weight excluding hydrogens is 817 g/mol. The van der Waals surface area contributed by atoms with Gasteiger partial charge >= 0.3 is 30.5 Å². The lowest BCUT2D eigenvalue weighted by Gasteiger charge is -2.53. The van der Waals surface area contributed by atoms with Crippen molar-refractivity contribution in [1.29, 1.82) is 5.26 Å². The Bertz CT molecular complexity index is 2160. The molecule has 2 aliphatic heterocycles. The van der Waals surface area contributed by atoms with Gasteiger partial charge < -0.3 is 29.9 Å². The summed E-state index contributed by atoms with van der Waals surface area (Å²) in [6.45, 7) is 1.45. The van der Waals surface area contributed by atoms with Gasteiger partial charge in [-0.05, 0) is 37.8 Å². The number of ether oxygens (including phenoxy) is 1. The van der Waals surface area contributed by atoms with Crippen molar-refractivity contribution in [3.8, 4) is 23.2 Å². The number of carbonyl (C=O) groups excluding carboxylic acids is 1. The van der Waals surface area contributed by atoms with Crippen LogP contribution in [0.4, 0.5) is 39.5 Å². The van der Waals surface area contributed by atoms with Crippen molar-refractivity contribution < 1.29 is 74.0 Å². The molecule has 0 spiro atoms. The summed E-state index contributed by atoms with van der Waals surface area (Å²) in [5.41, 5.74) is 0.514. The molecule has 3 aliphatic rings. The maximum atomic E-state index is 13.6. The van der Waals surface area contributed by atoms with Crippen LogP contribution in [0, 0.1) is 11.3 Å². The van der Waals surface area contributed by atoms with E-state index in [1.165, 1.54) is 17.3 Å². The summed E-state index contributed by atoms with van der Waals surface area (Å²) in [5, 5.41) is 38.9. The van der Waals surface area contributed by atoms with Gasteiger partial charge in [0.25, 0.3) is 5.91 Å². The number of hydrogen-bond donors (Lipinski definition) is 4. The van der Waals surface area contributed by atoms with E-state index in [2.05, 4.69) is 36.0 Å². The minimum absolute atomic E-state index is 0.0788. The van der Waals surface area contributed by atoms with E-state index in [1.54, 1.807) is 6.20 Å². The summed E-state index contributed by atoms with van der Waals surface area (Å²) in [6.07, 6.45) is -5.88. The van der Waals surface area contributed by atoms with Gasteiger partial charge in [-0.1, -0.05) is 0 Å². The molecule has 1 saturated carbocycles. The lowest BCUT2D eigenvalue weighted by molar-refractivity contribution is -0.193. The molecule has 16 nitrogen and oxygen atoms in total. The predicted octanol–water partition coefficient (Wildman–Crippen LogP) is 4.63. The fraction of sp³-hybridized carbons (Fsp3) is 0.471. The van der Waals surface area contributed by atoms with E-state index in [0.29, 0.717) is 32.4 Å². The number of hydrogen-bond acceptors (Lipinski definition) is 11. The van der Waals surface area contributed by atoms with Crippen molar-refractivity contribution in [1.82, 2.24) is 39.5 Å². The first-order valence-electron chi connectivity index (χ1n) is 17.3. The standard InChI is InChI=1S/C30H30F3N9O3.2C2HF3O2/c31-30(32,33)24-9-18(28(44)40-13-21(43)14-40)10-25(39-24)45-22-3-1-20(2-4-22)41-15-29(16-41,6-7-34)42-12-19(11-38-42)26-23-5-8-35-27(23)37-17-36-26;2*3-2(4,5)1(6)7/h5,8-12,17,20-22,43H,1-4,6,13-16H2,(H,35,36,37);2*(H,6,7). The van der Waals surface area contributed by atoms with Gasteiger partial charge in [0.05, 0.1) is 30.5 Å². The number of aliphatic carboxylic acids is 2. The molecule has 4 aromatic heterocycles. The molecule has 2 saturated heterocycles. The third-order valence-electron chi connectivity index (χ3n) is 9.52. The first-order valence-corrected chi connectivity index (χ1v) is 17.3. The number of nitrogens with zero attached hydrogens (tertiary/aromatic N) is 8. The normalized spacial score (nSPS) is 19.5. The maximum absolute atomic E-state index is 13.6. The van der Waals surface area contributed by atoms with Gasteiger partial charge in [-0.2, -0.15) is 49.9 Å². The number of nitriles is 1. The SMILES string of the molecule is N#CCC1(n2cc(-c3ncnc4[nH]ccc34)cn2)CN(C2CCC(Oc3cc(C(=O)N4CC(O)C4)cc(C(F)(F)F)n3)CC2)C1.O=C(O)C(F)(F)F.O=C(O)C(F)(F)F. The summed E-state index contributed by atoms with van der Waals surface area (Å²) < 4.78 is 112. The number of carboxylic acids is 2. The Morgan fingerprint density at radius 3 is 2.10 bits per heavy atom. The number of alkyl halides is 9. The summed E-state index contributed by atoms with van der Waals surface area (Å²) in [4.78, 5) is 49.5. The van der Waals surface area contributed by atoms with Crippen LogP contribution in [-0.2, 0) is 21.3 Å². The monoisotopic (exact) mass is 849 g/mol. The maximum Gasteiger partial charge on any atom is 0.490 e. The zero-order chi connectivity index (χ0) is 43.5. The van der Waals surface area contributed by atoms with E-state index < -0.39 is 53.7 Å². The highest BCUT2D eigenvalue weighted by molar-refractivity contribution is 5.95. The van der Waals surface area contributed by atoms with E-state index in [-0.39, 0.29) is 36.7 Å². The van der Waals surface area contributed by atoms with Crippen molar-refractivity contribution >= 4 is 28.9 Å². The van der Waals surface area contributed by atoms with E-state index >= 15 is 0 Å². The molecule has 0 radical (unpaired) electrons. The Labute approximate surface area is 325 Å². The van der Waals surface area contributed by atoms with Gasteiger partial charge in [0.1, 0.15) is 29.3 Å². The number of amides is 1. The van der Waals surface area contributed by atoms with Gasteiger partial charge in [0, 0.05) is 67.2 Å². The predicted molar refractivity (Wildman–Crippen MR) is 180 cm³/mol. The summed E-state index contributed by atoms with van der Waals surface area (Å²) in [7, 11) is 0. The average Bonchev–Trinajstić information content (AvgIpc) is 3.82. The number of aliphatic hydroxyl groups is 1. The molecule has 7 rings (SSSR count). The Morgan fingerprint density at radius 1 is 0.949 bits per heavy atom. The number of pyridine rings is 1. The molecule has 25 heteroatoms. The van der Waals surface area contributed by atoms with E-state index in [9.17, 15) is 54.7 Å². The van der Waals surface area contributed by atoms with Crippen LogP contribution in [-0.4, -0.2) is 129 Å². The Hall–Kier alpha value is -6.03. The number of H-pyrrole nitrogens is 1. The van der Waals surface area contributed by atoms with Crippen LogP contribution in [0.25, 0.3) is 22.3 Å². The van der Waals surface area contributed by atoms with E-state index in [4.69, 9.17) is 24.5 Å². The molecule has 4 aromatic rings. The van der Waals surface area contributed by atoms with Crippen LogP contribution >= 0.6 is 0 Å². The molecule has 1 aliphatic carbocycles. The fourth-order valence-electron chi connectivity index (χ4n) is 6.60. The smallest absolute Gasteiger partial charge is 0.475 e. The average molecular weight is 850 g/mol. The van der Waals surface area contributed by atoms with Gasteiger partial charge in [-0.15, -0.1) is 0 Å². The first kappa shape index (κ1) is 44.1. The Balaban J connectivity index is 0.000000407. The third-order valence-corrected chi connectivity index (χ3v) is 9.52. The second-order valence-electron chi connectivity index (χ2n) is 13.7. The molecule has 318 valence electrons. The molecule has 0 bridgehead atoms. The fourth-order valence-corrected chi connectivity index (χ4v) is 6.60. The van der Waals surface area contributed by atoms with Crippen molar-refractivity contribution in [3.63, 3.8) is 0 Å². The zero-order valence-corrected chi connectivity index (χ0v) is 30.1. The van der Waals surface area contributed by atoms with E-state index in [0.717, 1.165) is 41.2 Å². The van der Waals surface area contributed by atoms with Crippen LogP contribution in [0.5, 0.6) is 5.88 Å². The highest BCUT2D eigenvalue weighted by atomic mass is 19.4. The number of nitrogens with one attached hydrogen (secondary N) is 1. The molecular formula is C34H32F9N9O7. The number of carbonyl (C=O) groups is 3. The quantitative estimate of drug-likeness (QED) is 0.187. The number of aromatic amines is 1. The molecule has 4 N–H and O–H groups in total. The van der Waals surface area contributed by atoms with Crippen molar-refractivity contribution in [2.24, 2.45) is 0 Å². The molecule has 3 fully saturated rings. The highest BCUT2D eigenvalue weighted by Crippen LogP contribution is 2.39. The second-order valence-corrected chi connectivity index (χ2v) is 13.7. The van der Waals surface area contributed by atoms with Crippen molar-refractivity contribution in [2.45, 2.75) is 74.4 Å². The molecule has 0 aromatic carbocycles. The minimum Gasteiger partial charge on any atom is -0.475 e. The summed E-state index contributed by atoms with van der Waals surface area (Å²) >= 11 is 0. The second kappa shape index (κ2) is 17.1. The molecule has 6 heterocycles. The number of β-amino-alcohol motifs (C(OH)–C–C–N with tert-alkyl or cyclic N) is 1. The number of aliphatic hydroxyl groups excluding tert-OH is 1. The van der Waals surface area contributed by atoms with Crippen LogP contribution in [0.15, 0.2) is 43.1 Å². The highest BCUT2D eigenvalue weighted by Gasteiger charge is 2.48. The van der Waals surface area contributed by atoms with Gasteiger partial charge in [0.2, 0.25) is 5.88 Å². The number of halogens is 9. The van der Waals surface area contributed by atoms with Crippen LogP contribution in [0.1, 0.15) is 48.2 Å². The molecule has 0 unspecified atom stereocenters. The number of likely N-dealkylation sites (tertiary alicyclic amines) is 2.